The summed E-state index contributed by atoms with van der Waals surface area (Å²) in [6, 6.07) is 5.83. The first-order valence-corrected chi connectivity index (χ1v) is 4.54. The van der Waals surface area contributed by atoms with Crippen molar-refractivity contribution in [3.8, 4) is 0 Å². The zero-order chi connectivity index (χ0) is 8.27. The first-order chi connectivity index (χ1) is 5.24. The molecule has 0 bridgehead atoms. The predicted molar refractivity (Wildman–Crippen MR) is 52.7 cm³/mol. The van der Waals surface area contributed by atoms with Gasteiger partial charge in [-0.15, -0.1) is 12.6 Å². The maximum Gasteiger partial charge on any atom is 0.0438 e. The first-order valence-electron chi connectivity index (χ1n) is 3.71. The summed E-state index contributed by atoms with van der Waals surface area (Å²) in [7, 11) is 0. The second kappa shape index (κ2) is 4.03. The molecule has 11 heavy (non-hydrogen) atoms. The molecular weight excluding hydrogens is 176 g/mol. The van der Waals surface area contributed by atoms with Gasteiger partial charge in [-0.25, -0.2) is 0 Å². The summed E-state index contributed by atoms with van der Waals surface area (Å²) in [5.74, 6) is 0. The third-order valence-corrected chi connectivity index (χ3v) is 2.20. The molecule has 0 atom stereocenters. The molecule has 2 heteroatoms. The minimum atomic E-state index is 0.852. The van der Waals surface area contributed by atoms with E-state index in [9.17, 15) is 0 Å². The minimum Gasteiger partial charge on any atom is -0.143 e. The molecule has 0 saturated heterocycles. The van der Waals surface area contributed by atoms with E-state index in [0.29, 0.717) is 0 Å². The van der Waals surface area contributed by atoms with E-state index < -0.39 is 0 Å². The number of halogens is 1. The molecule has 60 valence electrons. The van der Waals surface area contributed by atoms with Crippen LogP contribution >= 0.6 is 24.2 Å². The number of thiol groups is 1. The minimum absolute atomic E-state index is 0.852. The summed E-state index contributed by atoms with van der Waals surface area (Å²) in [6.45, 7) is 2.14. The lowest BCUT2D eigenvalue weighted by Gasteiger charge is -2.02. The van der Waals surface area contributed by atoms with Gasteiger partial charge < -0.3 is 0 Å². The second-order valence-corrected chi connectivity index (χ2v) is 3.45. The number of hydrogen-bond donors (Lipinski definition) is 1. The van der Waals surface area contributed by atoms with E-state index in [4.69, 9.17) is 11.6 Å². The lowest BCUT2D eigenvalue weighted by molar-refractivity contribution is 0.918. The average Bonchev–Trinajstić information content (AvgIpc) is 1.98. The Kier molecular flexibility index (Phi) is 3.28. The Hall–Kier alpha value is -0.140. The number of benzene rings is 1. The maximum atomic E-state index is 5.94. The van der Waals surface area contributed by atoms with Crippen molar-refractivity contribution in [1.29, 1.82) is 0 Å². The summed E-state index contributed by atoms with van der Waals surface area (Å²) in [5, 5.41) is 0.852. The van der Waals surface area contributed by atoms with Gasteiger partial charge in [0.05, 0.1) is 0 Å². The van der Waals surface area contributed by atoms with Crippen molar-refractivity contribution in [3.05, 3.63) is 28.8 Å². The van der Waals surface area contributed by atoms with Crippen molar-refractivity contribution in [2.75, 3.05) is 0 Å². The molecule has 0 nitrogen and oxygen atoms in total. The van der Waals surface area contributed by atoms with E-state index in [-0.39, 0.29) is 0 Å². The zero-order valence-corrected chi connectivity index (χ0v) is 8.12. The second-order valence-electron chi connectivity index (χ2n) is 2.53. The number of aryl methyl sites for hydroxylation is 1. The molecule has 1 aromatic rings. The van der Waals surface area contributed by atoms with Gasteiger partial charge in [-0.2, -0.15) is 0 Å². The first kappa shape index (κ1) is 8.95. The number of hydrogen-bond acceptors (Lipinski definition) is 1. The molecule has 0 radical (unpaired) electrons. The van der Waals surface area contributed by atoms with Crippen molar-refractivity contribution < 1.29 is 0 Å². The molecule has 0 amide bonds. The van der Waals surface area contributed by atoms with Gasteiger partial charge in [-0.05, 0) is 30.2 Å². The Morgan fingerprint density at radius 2 is 2.18 bits per heavy atom. The fourth-order valence-corrected chi connectivity index (χ4v) is 1.46. The van der Waals surface area contributed by atoms with Gasteiger partial charge in [0.25, 0.3) is 0 Å². The van der Waals surface area contributed by atoms with Gasteiger partial charge >= 0.3 is 0 Å². The normalized spacial score (nSPS) is 10.1. The lowest BCUT2D eigenvalue weighted by atomic mass is 10.1. The summed E-state index contributed by atoms with van der Waals surface area (Å²) in [4.78, 5) is 0.984. The Labute approximate surface area is 78.0 Å². The average molecular weight is 187 g/mol. The number of rotatable bonds is 2. The van der Waals surface area contributed by atoms with Gasteiger partial charge in [-0.3, -0.25) is 0 Å². The van der Waals surface area contributed by atoms with E-state index in [1.54, 1.807) is 0 Å². The van der Waals surface area contributed by atoms with Crippen LogP contribution in [0.3, 0.4) is 0 Å². The van der Waals surface area contributed by atoms with Crippen LogP contribution in [0.2, 0.25) is 5.02 Å². The zero-order valence-electron chi connectivity index (χ0n) is 6.47. The van der Waals surface area contributed by atoms with Crippen LogP contribution in [0.1, 0.15) is 18.9 Å². The molecule has 0 aliphatic carbocycles. The van der Waals surface area contributed by atoms with Gasteiger partial charge in [-0.1, -0.05) is 24.9 Å². The molecule has 0 saturated carbocycles. The SMILES string of the molecule is CCCc1cc(S)ccc1Cl. The van der Waals surface area contributed by atoms with Gasteiger partial charge in [0.1, 0.15) is 0 Å². The van der Waals surface area contributed by atoms with Crippen molar-refractivity contribution in [2.45, 2.75) is 24.7 Å². The molecule has 0 heterocycles. The Balaban J connectivity index is 2.93. The van der Waals surface area contributed by atoms with E-state index in [1.807, 2.05) is 18.2 Å². The van der Waals surface area contributed by atoms with Crippen LogP contribution in [-0.4, -0.2) is 0 Å². The highest BCUT2D eigenvalue weighted by Gasteiger charge is 1.98. The summed E-state index contributed by atoms with van der Waals surface area (Å²) in [6.07, 6.45) is 2.16. The van der Waals surface area contributed by atoms with Gasteiger partial charge in [0.2, 0.25) is 0 Å². The molecule has 0 fully saturated rings. The molecule has 0 unspecified atom stereocenters. The third kappa shape index (κ3) is 2.42. The molecule has 0 N–H and O–H groups in total. The topological polar surface area (TPSA) is 0 Å². The summed E-state index contributed by atoms with van der Waals surface area (Å²) in [5.41, 5.74) is 1.20. The van der Waals surface area contributed by atoms with E-state index in [0.717, 1.165) is 22.8 Å². The molecule has 0 aliphatic rings. The standard InChI is InChI=1S/C9H11ClS/c1-2-3-7-6-8(11)4-5-9(7)10/h4-6,11H,2-3H2,1H3. The molecular formula is C9H11ClS. The monoisotopic (exact) mass is 186 g/mol. The van der Waals surface area contributed by atoms with Crippen LogP contribution in [0.15, 0.2) is 23.1 Å². The Morgan fingerprint density at radius 3 is 2.82 bits per heavy atom. The Bertz CT molecular complexity index is 245. The van der Waals surface area contributed by atoms with E-state index >= 15 is 0 Å². The van der Waals surface area contributed by atoms with Crippen molar-refractivity contribution >= 4 is 24.2 Å². The van der Waals surface area contributed by atoms with Crippen LogP contribution < -0.4 is 0 Å². The fourth-order valence-electron chi connectivity index (χ4n) is 1.02. The predicted octanol–water partition coefficient (Wildman–Crippen LogP) is 3.58. The third-order valence-electron chi connectivity index (χ3n) is 1.55. The van der Waals surface area contributed by atoms with Crippen LogP contribution in [-0.2, 0) is 6.42 Å². The van der Waals surface area contributed by atoms with Gasteiger partial charge in [0, 0.05) is 9.92 Å². The highest BCUT2D eigenvalue weighted by Crippen LogP contribution is 2.20. The lowest BCUT2D eigenvalue weighted by Crippen LogP contribution is -1.84. The van der Waals surface area contributed by atoms with Crippen molar-refractivity contribution in [1.82, 2.24) is 0 Å². The van der Waals surface area contributed by atoms with Gasteiger partial charge in [0.15, 0.2) is 0 Å². The van der Waals surface area contributed by atoms with Crippen LogP contribution in [0.25, 0.3) is 0 Å². The molecule has 0 aromatic heterocycles. The molecule has 0 aliphatic heterocycles. The van der Waals surface area contributed by atoms with E-state index in [1.165, 1.54) is 5.56 Å². The highest BCUT2D eigenvalue weighted by molar-refractivity contribution is 7.80. The molecule has 0 spiro atoms. The largest absolute Gasteiger partial charge is 0.143 e. The van der Waals surface area contributed by atoms with Crippen molar-refractivity contribution in [3.63, 3.8) is 0 Å². The van der Waals surface area contributed by atoms with Crippen LogP contribution in [0.4, 0.5) is 0 Å². The summed E-state index contributed by atoms with van der Waals surface area (Å²) < 4.78 is 0. The molecule has 1 rings (SSSR count). The van der Waals surface area contributed by atoms with E-state index in [2.05, 4.69) is 19.6 Å². The quantitative estimate of drug-likeness (QED) is 0.671. The summed E-state index contributed by atoms with van der Waals surface area (Å²) >= 11 is 10.2. The fraction of sp³-hybridized carbons (Fsp3) is 0.333. The maximum absolute atomic E-state index is 5.94. The smallest absolute Gasteiger partial charge is 0.0438 e. The Morgan fingerprint density at radius 1 is 1.45 bits per heavy atom. The van der Waals surface area contributed by atoms with Crippen LogP contribution in [0.5, 0.6) is 0 Å². The van der Waals surface area contributed by atoms with Crippen molar-refractivity contribution in [2.24, 2.45) is 0 Å². The highest BCUT2D eigenvalue weighted by atomic mass is 35.5. The molecule has 1 aromatic carbocycles. The van der Waals surface area contributed by atoms with Crippen LogP contribution in [0, 0.1) is 0 Å².